The van der Waals surface area contributed by atoms with Gasteiger partial charge in [-0.05, 0) is 35.7 Å². The third-order valence-electron chi connectivity index (χ3n) is 5.55. The first-order valence-electron chi connectivity index (χ1n) is 10.7. The number of benzene rings is 1. The summed E-state index contributed by atoms with van der Waals surface area (Å²) in [4.78, 5) is 26.2. The van der Waals surface area contributed by atoms with Gasteiger partial charge in [0.1, 0.15) is 23.7 Å². The highest BCUT2D eigenvalue weighted by atomic mass is 19.1. The van der Waals surface area contributed by atoms with Gasteiger partial charge in [-0.3, -0.25) is 4.79 Å². The van der Waals surface area contributed by atoms with Gasteiger partial charge in [-0.15, -0.1) is 0 Å². The van der Waals surface area contributed by atoms with Gasteiger partial charge in [-0.2, -0.15) is 5.26 Å². The highest BCUT2D eigenvalue weighted by Gasteiger charge is 2.24. The molecule has 8 heteroatoms. The fourth-order valence-corrected chi connectivity index (χ4v) is 3.88. The molecule has 3 aromatic rings. The molecule has 1 aliphatic heterocycles. The Balaban J connectivity index is 1.47. The fraction of sp³-hybridized carbons (Fsp3) is 0.333. The number of rotatable bonds is 6. The molecule has 2 aromatic heterocycles. The third-order valence-corrected chi connectivity index (χ3v) is 5.55. The Kier molecular flexibility index (Phi) is 6.45. The number of halogens is 1. The second-order valence-electron chi connectivity index (χ2n) is 7.80. The molecule has 0 amide bonds. The minimum atomic E-state index is -0.669. The van der Waals surface area contributed by atoms with E-state index in [1.54, 1.807) is 18.2 Å². The number of H-pyrrole nitrogens is 1. The molecule has 0 saturated carbocycles. The molecule has 1 fully saturated rings. The Morgan fingerprint density at radius 1 is 1.25 bits per heavy atom. The molecule has 0 bridgehead atoms. The summed E-state index contributed by atoms with van der Waals surface area (Å²) in [5.74, 6) is 0.446. The highest BCUT2D eigenvalue weighted by molar-refractivity contribution is 5.70. The van der Waals surface area contributed by atoms with Crippen LogP contribution in [-0.2, 0) is 6.42 Å². The van der Waals surface area contributed by atoms with Gasteiger partial charge < -0.3 is 14.6 Å². The van der Waals surface area contributed by atoms with E-state index in [1.807, 2.05) is 12.4 Å². The minimum Gasteiger partial charge on any atom is -0.489 e. The molecule has 0 spiro atoms. The van der Waals surface area contributed by atoms with Crippen LogP contribution in [0.1, 0.15) is 37.3 Å². The largest absolute Gasteiger partial charge is 0.489 e. The number of hydrogen-bond acceptors (Lipinski definition) is 6. The standard InChI is InChI=1S/C24H24FN5O2/c1-2-3-16-14-28-24(29-15-16)30-10-7-19(8-11-30)32-21-6-9-27-23(31)22(21)17-4-5-18(13-26)20(25)12-17/h4-6,9,12,14-15,19H,2-3,7-8,10-11H2,1H3,(H,27,31). The average molecular weight is 433 g/mol. The topological polar surface area (TPSA) is 94.9 Å². The Labute approximate surface area is 185 Å². The normalized spacial score (nSPS) is 14.2. The molecule has 0 radical (unpaired) electrons. The Morgan fingerprint density at radius 2 is 2.00 bits per heavy atom. The summed E-state index contributed by atoms with van der Waals surface area (Å²) in [6.45, 7) is 3.60. The van der Waals surface area contributed by atoms with Crippen molar-refractivity contribution in [3.63, 3.8) is 0 Å². The molecule has 7 nitrogen and oxygen atoms in total. The van der Waals surface area contributed by atoms with Crippen molar-refractivity contribution in [2.45, 2.75) is 38.7 Å². The Bertz CT molecular complexity index is 1180. The van der Waals surface area contributed by atoms with Crippen LogP contribution in [0.4, 0.5) is 10.3 Å². The quantitative estimate of drug-likeness (QED) is 0.635. The van der Waals surface area contributed by atoms with E-state index in [4.69, 9.17) is 10.00 Å². The van der Waals surface area contributed by atoms with Gasteiger partial charge in [0.25, 0.3) is 5.56 Å². The van der Waals surface area contributed by atoms with Gasteiger partial charge in [0.05, 0.1) is 11.1 Å². The number of piperidine rings is 1. The summed E-state index contributed by atoms with van der Waals surface area (Å²) in [6, 6.07) is 7.58. The molecular formula is C24H24FN5O2. The number of nitrogens with zero attached hydrogens (tertiary/aromatic N) is 4. The van der Waals surface area contributed by atoms with Gasteiger partial charge >= 0.3 is 0 Å². The maximum absolute atomic E-state index is 14.1. The van der Waals surface area contributed by atoms with Crippen molar-refractivity contribution in [3.05, 3.63) is 70.2 Å². The van der Waals surface area contributed by atoms with E-state index in [0.717, 1.165) is 44.3 Å². The number of aryl methyl sites for hydroxylation is 1. The summed E-state index contributed by atoms with van der Waals surface area (Å²) in [6.07, 6.45) is 8.71. The first kappa shape index (κ1) is 21.5. The summed E-state index contributed by atoms with van der Waals surface area (Å²) >= 11 is 0. The van der Waals surface area contributed by atoms with Crippen LogP contribution < -0.4 is 15.2 Å². The lowest BCUT2D eigenvalue weighted by molar-refractivity contribution is 0.171. The van der Waals surface area contributed by atoms with Gasteiger partial charge in [0.2, 0.25) is 5.95 Å². The Morgan fingerprint density at radius 3 is 2.66 bits per heavy atom. The summed E-state index contributed by atoms with van der Waals surface area (Å²) < 4.78 is 20.3. The number of pyridine rings is 1. The van der Waals surface area contributed by atoms with Crippen LogP contribution in [-0.4, -0.2) is 34.1 Å². The van der Waals surface area contributed by atoms with Crippen LogP contribution in [0.3, 0.4) is 0 Å². The molecule has 1 aliphatic rings. The van der Waals surface area contributed by atoms with Crippen molar-refractivity contribution >= 4 is 5.95 Å². The molecule has 0 unspecified atom stereocenters. The molecule has 3 heterocycles. The first-order valence-corrected chi connectivity index (χ1v) is 10.7. The molecule has 1 saturated heterocycles. The van der Waals surface area contributed by atoms with E-state index in [0.29, 0.717) is 17.3 Å². The van der Waals surface area contributed by atoms with Crippen molar-refractivity contribution in [2.75, 3.05) is 18.0 Å². The molecule has 164 valence electrons. The number of aromatic amines is 1. The molecule has 32 heavy (non-hydrogen) atoms. The van der Waals surface area contributed by atoms with Crippen molar-refractivity contribution in [1.29, 1.82) is 5.26 Å². The summed E-state index contributed by atoms with van der Waals surface area (Å²) in [7, 11) is 0. The molecule has 0 aliphatic carbocycles. The predicted molar refractivity (Wildman–Crippen MR) is 119 cm³/mol. The number of anilines is 1. The van der Waals surface area contributed by atoms with Crippen LogP contribution in [0.15, 0.2) is 47.7 Å². The monoisotopic (exact) mass is 433 g/mol. The highest BCUT2D eigenvalue weighted by Crippen LogP contribution is 2.30. The van der Waals surface area contributed by atoms with E-state index >= 15 is 0 Å². The van der Waals surface area contributed by atoms with E-state index in [-0.39, 0.29) is 22.8 Å². The molecule has 1 N–H and O–H groups in total. The van der Waals surface area contributed by atoms with E-state index < -0.39 is 5.82 Å². The van der Waals surface area contributed by atoms with Crippen LogP contribution in [0.25, 0.3) is 11.1 Å². The summed E-state index contributed by atoms with van der Waals surface area (Å²) in [5, 5.41) is 8.95. The summed E-state index contributed by atoms with van der Waals surface area (Å²) in [5.41, 5.74) is 1.32. The van der Waals surface area contributed by atoms with Crippen molar-refractivity contribution in [3.8, 4) is 22.9 Å². The van der Waals surface area contributed by atoms with Gasteiger partial charge in [0.15, 0.2) is 0 Å². The molecular weight excluding hydrogens is 409 g/mol. The Hall–Kier alpha value is -3.73. The van der Waals surface area contributed by atoms with Crippen molar-refractivity contribution in [2.24, 2.45) is 0 Å². The van der Waals surface area contributed by atoms with Gasteiger partial charge in [-0.25, -0.2) is 14.4 Å². The maximum atomic E-state index is 14.1. The van der Waals surface area contributed by atoms with Crippen LogP contribution in [0, 0.1) is 17.1 Å². The zero-order valence-corrected chi connectivity index (χ0v) is 17.8. The lowest BCUT2D eigenvalue weighted by atomic mass is 10.0. The molecule has 1 aromatic carbocycles. The second-order valence-corrected chi connectivity index (χ2v) is 7.80. The third kappa shape index (κ3) is 4.62. The number of aromatic nitrogens is 3. The number of hydrogen-bond donors (Lipinski definition) is 1. The number of ether oxygens (including phenoxy) is 1. The lowest BCUT2D eigenvalue weighted by Crippen LogP contribution is -2.39. The maximum Gasteiger partial charge on any atom is 0.259 e. The SMILES string of the molecule is CCCc1cnc(N2CCC(Oc3cc[nH]c(=O)c3-c3ccc(C#N)c(F)c3)CC2)nc1. The lowest BCUT2D eigenvalue weighted by Gasteiger charge is -2.32. The van der Waals surface area contributed by atoms with Crippen LogP contribution in [0.5, 0.6) is 5.75 Å². The first-order chi connectivity index (χ1) is 15.6. The van der Waals surface area contributed by atoms with Crippen LogP contribution in [0.2, 0.25) is 0 Å². The van der Waals surface area contributed by atoms with E-state index in [1.165, 1.54) is 18.3 Å². The average Bonchev–Trinajstić information content (AvgIpc) is 2.80. The van der Waals surface area contributed by atoms with Gasteiger partial charge in [0, 0.05) is 44.5 Å². The molecule has 4 rings (SSSR count). The van der Waals surface area contributed by atoms with Crippen molar-refractivity contribution in [1.82, 2.24) is 15.0 Å². The minimum absolute atomic E-state index is 0.0686. The van der Waals surface area contributed by atoms with Gasteiger partial charge in [-0.1, -0.05) is 19.4 Å². The predicted octanol–water partition coefficient (Wildman–Crippen LogP) is 3.84. The molecule has 0 atom stereocenters. The van der Waals surface area contributed by atoms with E-state index in [2.05, 4.69) is 26.8 Å². The van der Waals surface area contributed by atoms with E-state index in [9.17, 15) is 9.18 Å². The fourth-order valence-electron chi connectivity index (χ4n) is 3.88. The van der Waals surface area contributed by atoms with Crippen LogP contribution >= 0.6 is 0 Å². The zero-order valence-electron chi connectivity index (χ0n) is 17.8. The smallest absolute Gasteiger partial charge is 0.259 e. The van der Waals surface area contributed by atoms with Crippen molar-refractivity contribution < 1.29 is 9.13 Å². The second kappa shape index (κ2) is 9.60. The number of nitriles is 1. The number of nitrogens with one attached hydrogen (secondary N) is 1. The zero-order chi connectivity index (χ0) is 22.5.